The van der Waals surface area contributed by atoms with Crippen LogP contribution in [-0.2, 0) is 11.2 Å². The van der Waals surface area contributed by atoms with E-state index in [9.17, 15) is 13.6 Å². The lowest BCUT2D eigenvalue weighted by Crippen LogP contribution is -2.39. The molecule has 0 aliphatic carbocycles. The fourth-order valence-electron chi connectivity index (χ4n) is 3.26. The molecular weight excluding hydrogens is 428 g/mol. The van der Waals surface area contributed by atoms with E-state index < -0.39 is 11.6 Å². The maximum Gasteiger partial charge on any atom is 0.233 e. The average molecular weight is 454 g/mol. The Labute approximate surface area is 185 Å². The number of rotatable bonds is 8. The van der Waals surface area contributed by atoms with Crippen LogP contribution in [0.3, 0.4) is 0 Å². The predicted octanol–water partition coefficient (Wildman–Crippen LogP) is 5.22. The molecule has 3 aromatic rings. The van der Waals surface area contributed by atoms with Gasteiger partial charge < -0.3 is 4.90 Å². The van der Waals surface area contributed by atoms with Gasteiger partial charge in [0.05, 0.1) is 11.1 Å². The van der Waals surface area contributed by atoms with Gasteiger partial charge in [-0.3, -0.25) is 9.69 Å². The number of thiazole rings is 1. The molecule has 0 aliphatic heterocycles. The molecule has 0 saturated heterocycles. The molecule has 0 bridgehead atoms. The van der Waals surface area contributed by atoms with Crippen molar-refractivity contribution in [3.63, 3.8) is 0 Å². The second-order valence-electron chi connectivity index (χ2n) is 6.97. The molecule has 8 heteroatoms. The molecule has 3 rings (SSSR count). The maximum atomic E-state index is 14.1. The highest BCUT2D eigenvalue weighted by atomic mass is 35.5. The first-order valence-corrected chi connectivity index (χ1v) is 10.6. The Morgan fingerprint density at radius 2 is 1.83 bits per heavy atom. The standard InChI is InChI=1S/C22H25F2N3OS.ClH/c1-4-26(5-2)9-10-27(20(28)12-16-8-6-7-15(3)11-16)22-25-21-18(24)13-17(23)14-19(21)29-22;/h6-8,11,13-14H,4-5,9-10,12H2,1-3H3;1H. The molecule has 0 radical (unpaired) electrons. The number of hydrogen-bond acceptors (Lipinski definition) is 4. The van der Waals surface area contributed by atoms with Crippen molar-refractivity contribution < 1.29 is 13.6 Å². The highest BCUT2D eigenvalue weighted by Crippen LogP contribution is 2.31. The lowest BCUT2D eigenvalue weighted by molar-refractivity contribution is -0.118. The molecule has 1 heterocycles. The summed E-state index contributed by atoms with van der Waals surface area (Å²) in [5.41, 5.74) is 2.10. The van der Waals surface area contributed by atoms with E-state index in [1.165, 1.54) is 6.07 Å². The molecule has 0 unspecified atom stereocenters. The van der Waals surface area contributed by atoms with Gasteiger partial charge in [-0.25, -0.2) is 13.8 Å². The summed E-state index contributed by atoms with van der Waals surface area (Å²) < 4.78 is 28.1. The van der Waals surface area contributed by atoms with Crippen LogP contribution in [0.25, 0.3) is 10.2 Å². The van der Waals surface area contributed by atoms with Gasteiger partial charge in [0.1, 0.15) is 11.3 Å². The van der Waals surface area contributed by atoms with Crippen molar-refractivity contribution in [2.45, 2.75) is 27.2 Å². The summed E-state index contributed by atoms with van der Waals surface area (Å²) in [4.78, 5) is 21.3. The summed E-state index contributed by atoms with van der Waals surface area (Å²) in [6.07, 6.45) is 0.229. The van der Waals surface area contributed by atoms with E-state index in [1.807, 2.05) is 31.2 Å². The van der Waals surface area contributed by atoms with E-state index in [0.717, 1.165) is 41.6 Å². The number of amides is 1. The average Bonchev–Trinajstić information content (AvgIpc) is 3.09. The summed E-state index contributed by atoms with van der Waals surface area (Å²) >= 11 is 1.14. The third kappa shape index (κ3) is 5.74. The summed E-state index contributed by atoms with van der Waals surface area (Å²) in [7, 11) is 0. The number of hydrogen-bond donors (Lipinski definition) is 0. The molecule has 0 atom stereocenters. The predicted molar refractivity (Wildman–Crippen MR) is 122 cm³/mol. The molecule has 1 amide bonds. The van der Waals surface area contributed by atoms with E-state index in [1.54, 1.807) is 4.90 Å². The SMILES string of the molecule is CCN(CC)CCN(C(=O)Cc1cccc(C)c1)c1nc2c(F)cc(F)cc2s1.Cl. The Bertz CT molecular complexity index is 1010. The minimum Gasteiger partial charge on any atom is -0.302 e. The van der Waals surface area contributed by atoms with Crippen molar-refractivity contribution in [2.75, 3.05) is 31.1 Å². The minimum absolute atomic E-state index is 0. The Balaban J connectivity index is 0.00000320. The number of carbonyl (C=O) groups excluding carboxylic acids is 1. The zero-order valence-electron chi connectivity index (χ0n) is 17.3. The van der Waals surface area contributed by atoms with Crippen molar-refractivity contribution >= 4 is 45.0 Å². The monoisotopic (exact) mass is 453 g/mol. The van der Waals surface area contributed by atoms with Crippen molar-refractivity contribution in [1.29, 1.82) is 0 Å². The molecule has 162 valence electrons. The lowest BCUT2D eigenvalue weighted by atomic mass is 10.1. The van der Waals surface area contributed by atoms with Crippen molar-refractivity contribution in [3.8, 4) is 0 Å². The number of carbonyl (C=O) groups is 1. The normalized spacial score (nSPS) is 11.0. The van der Waals surface area contributed by atoms with Gasteiger partial charge in [-0.05, 0) is 31.6 Å². The van der Waals surface area contributed by atoms with Crippen molar-refractivity contribution in [2.24, 2.45) is 0 Å². The van der Waals surface area contributed by atoms with Crippen LogP contribution in [0.5, 0.6) is 0 Å². The van der Waals surface area contributed by atoms with Crippen LogP contribution in [0.2, 0.25) is 0 Å². The van der Waals surface area contributed by atoms with Crippen LogP contribution in [0.15, 0.2) is 36.4 Å². The van der Waals surface area contributed by atoms with Gasteiger partial charge in [0, 0.05) is 19.2 Å². The quantitative estimate of drug-likeness (QED) is 0.469. The molecule has 2 aromatic carbocycles. The highest BCUT2D eigenvalue weighted by molar-refractivity contribution is 7.22. The van der Waals surface area contributed by atoms with E-state index in [-0.39, 0.29) is 30.3 Å². The van der Waals surface area contributed by atoms with Crippen LogP contribution in [-0.4, -0.2) is 42.0 Å². The van der Waals surface area contributed by atoms with Gasteiger partial charge in [-0.15, -0.1) is 12.4 Å². The number of anilines is 1. The smallest absolute Gasteiger partial charge is 0.233 e. The number of benzene rings is 2. The first-order chi connectivity index (χ1) is 13.9. The number of nitrogens with zero attached hydrogens (tertiary/aromatic N) is 3. The lowest BCUT2D eigenvalue weighted by Gasteiger charge is -2.24. The number of aryl methyl sites for hydroxylation is 1. The van der Waals surface area contributed by atoms with E-state index in [4.69, 9.17) is 0 Å². The first-order valence-electron chi connectivity index (χ1n) is 9.75. The molecule has 0 N–H and O–H groups in total. The van der Waals surface area contributed by atoms with Gasteiger partial charge in [0.15, 0.2) is 10.9 Å². The number of halogens is 3. The summed E-state index contributed by atoms with van der Waals surface area (Å²) in [5, 5.41) is 0.398. The maximum absolute atomic E-state index is 14.1. The second kappa shape index (κ2) is 10.8. The summed E-state index contributed by atoms with van der Waals surface area (Å²) in [6.45, 7) is 8.98. The van der Waals surface area contributed by atoms with Crippen LogP contribution >= 0.6 is 23.7 Å². The van der Waals surface area contributed by atoms with Gasteiger partial charge in [0.2, 0.25) is 5.91 Å². The first kappa shape index (κ1) is 24.2. The van der Waals surface area contributed by atoms with Gasteiger partial charge in [-0.1, -0.05) is 55.0 Å². The van der Waals surface area contributed by atoms with Crippen LogP contribution in [0.4, 0.5) is 13.9 Å². The molecule has 0 saturated carbocycles. The summed E-state index contributed by atoms with van der Waals surface area (Å²) in [5.74, 6) is -1.47. The molecule has 0 spiro atoms. The Morgan fingerprint density at radius 3 is 2.50 bits per heavy atom. The number of fused-ring (bicyclic) bond motifs is 1. The van der Waals surface area contributed by atoms with Gasteiger partial charge in [0.25, 0.3) is 0 Å². The largest absolute Gasteiger partial charge is 0.302 e. The second-order valence-corrected chi connectivity index (χ2v) is 7.98. The van der Waals surface area contributed by atoms with Crippen molar-refractivity contribution in [1.82, 2.24) is 9.88 Å². The van der Waals surface area contributed by atoms with E-state index in [0.29, 0.717) is 22.9 Å². The fourth-order valence-corrected chi connectivity index (χ4v) is 4.31. The number of likely N-dealkylation sites (N-methyl/N-ethyl adjacent to an activating group) is 1. The Morgan fingerprint density at radius 1 is 1.10 bits per heavy atom. The van der Waals surface area contributed by atoms with Crippen molar-refractivity contribution in [3.05, 3.63) is 59.2 Å². The molecule has 0 aliphatic rings. The minimum atomic E-state index is -0.711. The molecule has 30 heavy (non-hydrogen) atoms. The van der Waals surface area contributed by atoms with Gasteiger partial charge >= 0.3 is 0 Å². The summed E-state index contributed by atoms with van der Waals surface area (Å²) in [6, 6.07) is 9.88. The van der Waals surface area contributed by atoms with Crippen LogP contribution in [0.1, 0.15) is 25.0 Å². The fraction of sp³-hybridized carbons (Fsp3) is 0.364. The topological polar surface area (TPSA) is 36.4 Å². The molecule has 1 aromatic heterocycles. The molecule has 4 nitrogen and oxygen atoms in total. The number of aromatic nitrogens is 1. The van der Waals surface area contributed by atoms with Crippen LogP contribution < -0.4 is 4.90 Å². The van der Waals surface area contributed by atoms with E-state index >= 15 is 0 Å². The zero-order valence-corrected chi connectivity index (χ0v) is 19.0. The third-order valence-corrected chi connectivity index (χ3v) is 5.93. The molecular formula is C22H26ClF2N3OS. The third-order valence-electron chi connectivity index (χ3n) is 4.91. The highest BCUT2D eigenvalue weighted by Gasteiger charge is 2.22. The Kier molecular flexibility index (Phi) is 8.70. The zero-order chi connectivity index (χ0) is 21.0. The Hall–Kier alpha value is -2.09. The van der Waals surface area contributed by atoms with Crippen LogP contribution in [0, 0.1) is 18.6 Å². The molecule has 0 fully saturated rings. The van der Waals surface area contributed by atoms with Gasteiger partial charge in [-0.2, -0.15) is 0 Å². The van der Waals surface area contributed by atoms with E-state index in [2.05, 4.69) is 23.7 Å².